The Hall–Kier alpha value is -0.940. The fourth-order valence-electron chi connectivity index (χ4n) is 3.60. The van der Waals surface area contributed by atoms with E-state index in [0.29, 0.717) is 24.0 Å². The molecule has 5 nitrogen and oxygen atoms in total. The van der Waals surface area contributed by atoms with E-state index in [0.717, 1.165) is 31.1 Å². The van der Waals surface area contributed by atoms with Crippen molar-refractivity contribution in [1.82, 2.24) is 15.5 Å². The smallest absolute Gasteiger partial charge is 0.244 e. The summed E-state index contributed by atoms with van der Waals surface area (Å²) in [6.07, 6.45) is 5.36. The van der Waals surface area contributed by atoms with Gasteiger partial charge in [-0.1, -0.05) is 12.1 Å². The molecule has 3 fully saturated rings. The highest BCUT2D eigenvalue weighted by molar-refractivity contribution is 5.08. The molecule has 1 aromatic rings. The molecule has 0 aliphatic carbocycles. The number of aromatic nitrogens is 2. The van der Waals surface area contributed by atoms with Crippen LogP contribution in [0, 0.1) is 5.92 Å². The largest absolute Gasteiger partial charge is 0.374 e. The number of hydrogen-bond acceptors (Lipinski definition) is 5. The fourth-order valence-corrected chi connectivity index (χ4v) is 3.60. The Labute approximate surface area is 106 Å². The van der Waals surface area contributed by atoms with Crippen LogP contribution in [0.3, 0.4) is 0 Å². The molecule has 3 aliphatic heterocycles. The van der Waals surface area contributed by atoms with Crippen LogP contribution in [0.15, 0.2) is 4.52 Å². The maximum atomic E-state index is 5.86. The predicted octanol–water partition coefficient (Wildman–Crippen LogP) is 1.77. The van der Waals surface area contributed by atoms with Gasteiger partial charge in [0.05, 0.1) is 24.2 Å². The van der Waals surface area contributed by atoms with Gasteiger partial charge >= 0.3 is 0 Å². The molecule has 5 atom stereocenters. The summed E-state index contributed by atoms with van der Waals surface area (Å²) in [5.41, 5.74) is 0. The molecule has 0 radical (unpaired) electrons. The molecule has 0 aromatic carbocycles. The molecular formula is C13H19N3O2. The Morgan fingerprint density at radius 3 is 2.89 bits per heavy atom. The summed E-state index contributed by atoms with van der Waals surface area (Å²) in [6, 6.07) is 0.241. The Kier molecular flexibility index (Phi) is 2.45. The van der Waals surface area contributed by atoms with Crippen LogP contribution < -0.4 is 5.32 Å². The Balaban J connectivity index is 1.55. The first-order valence-electron chi connectivity index (χ1n) is 7.03. The Bertz CT molecular complexity index is 447. The lowest BCUT2D eigenvalue weighted by Crippen LogP contribution is -2.18. The van der Waals surface area contributed by atoms with Gasteiger partial charge in [0.25, 0.3) is 0 Å². The van der Waals surface area contributed by atoms with E-state index >= 15 is 0 Å². The lowest BCUT2D eigenvalue weighted by atomic mass is 9.89. The van der Waals surface area contributed by atoms with Crippen LogP contribution in [-0.4, -0.2) is 28.9 Å². The fraction of sp³-hybridized carbons (Fsp3) is 0.846. The summed E-state index contributed by atoms with van der Waals surface area (Å²) in [6.45, 7) is 3.27. The first-order chi connectivity index (χ1) is 8.81. The highest BCUT2D eigenvalue weighted by atomic mass is 16.5. The van der Waals surface area contributed by atoms with E-state index in [1.54, 1.807) is 0 Å². The number of nitrogens with one attached hydrogen (secondary N) is 1. The van der Waals surface area contributed by atoms with Crippen molar-refractivity contribution in [1.29, 1.82) is 0 Å². The molecule has 4 heterocycles. The van der Waals surface area contributed by atoms with Crippen LogP contribution >= 0.6 is 0 Å². The number of hydrogen-bond donors (Lipinski definition) is 1. The van der Waals surface area contributed by atoms with Crippen molar-refractivity contribution in [2.45, 2.75) is 56.8 Å². The van der Waals surface area contributed by atoms with Crippen LogP contribution in [0.5, 0.6) is 0 Å². The number of ether oxygens (including phenoxy) is 1. The zero-order valence-corrected chi connectivity index (χ0v) is 10.6. The van der Waals surface area contributed by atoms with Crippen LogP contribution in [0.2, 0.25) is 0 Å². The minimum Gasteiger partial charge on any atom is -0.374 e. The van der Waals surface area contributed by atoms with Gasteiger partial charge in [-0.3, -0.25) is 0 Å². The quantitative estimate of drug-likeness (QED) is 0.865. The zero-order chi connectivity index (χ0) is 12.1. The van der Waals surface area contributed by atoms with E-state index in [9.17, 15) is 0 Å². The Morgan fingerprint density at radius 1 is 1.28 bits per heavy atom. The van der Waals surface area contributed by atoms with Crippen LogP contribution in [0.4, 0.5) is 0 Å². The molecule has 3 aliphatic rings. The molecular weight excluding hydrogens is 230 g/mol. The van der Waals surface area contributed by atoms with Crippen molar-refractivity contribution in [2.24, 2.45) is 5.92 Å². The summed E-state index contributed by atoms with van der Waals surface area (Å²) >= 11 is 0. The van der Waals surface area contributed by atoms with Crippen molar-refractivity contribution >= 4 is 0 Å². The van der Waals surface area contributed by atoms with E-state index < -0.39 is 0 Å². The molecule has 0 saturated carbocycles. The van der Waals surface area contributed by atoms with E-state index in [-0.39, 0.29) is 6.04 Å². The molecule has 1 aromatic heterocycles. The van der Waals surface area contributed by atoms with Gasteiger partial charge in [-0.05, 0) is 38.1 Å². The topological polar surface area (TPSA) is 60.2 Å². The summed E-state index contributed by atoms with van der Waals surface area (Å²) in [5.74, 6) is 2.56. The van der Waals surface area contributed by atoms with Gasteiger partial charge < -0.3 is 14.6 Å². The summed E-state index contributed by atoms with van der Waals surface area (Å²) in [7, 11) is 0. The third-order valence-corrected chi connectivity index (χ3v) is 4.69. The monoisotopic (exact) mass is 249 g/mol. The van der Waals surface area contributed by atoms with Crippen LogP contribution in [0.1, 0.15) is 56.3 Å². The molecule has 98 valence electrons. The average molecular weight is 249 g/mol. The predicted molar refractivity (Wildman–Crippen MR) is 64.1 cm³/mol. The van der Waals surface area contributed by atoms with Crippen molar-refractivity contribution in [3.05, 3.63) is 11.7 Å². The van der Waals surface area contributed by atoms with E-state index in [1.165, 1.54) is 12.8 Å². The van der Waals surface area contributed by atoms with Gasteiger partial charge in [-0.15, -0.1) is 0 Å². The van der Waals surface area contributed by atoms with Crippen molar-refractivity contribution in [3.8, 4) is 0 Å². The molecule has 5 heteroatoms. The minimum absolute atomic E-state index is 0.241. The SMILES string of the molecule is CC1CCNC1c1nc(C2CC3CCC2O3)no1. The molecule has 2 bridgehead atoms. The number of rotatable bonds is 2. The third-order valence-electron chi connectivity index (χ3n) is 4.69. The van der Waals surface area contributed by atoms with Gasteiger partial charge in [0, 0.05) is 0 Å². The maximum absolute atomic E-state index is 5.86. The molecule has 5 unspecified atom stereocenters. The van der Waals surface area contributed by atoms with Gasteiger partial charge in [-0.2, -0.15) is 4.98 Å². The molecule has 3 saturated heterocycles. The zero-order valence-electron chi connectivity index (χ0n) is 10.6. The molecule has 0 spiro atoms. The first kappa shape index (κ1) is 10.9. The molecule has 4 rings (SSSR count). The normalized spacial score (nSPS) is 42.8. The standard InChI is InChI=1S/C13H19N3O2/c1-7-4-5-14-11(7)13-15-12(16-18-13)9-6-8-2-3-10(9)17-8/h7-11,14H,2-6H2,1H3. The van der Waals surface area contributed by atoms with Crippen molar-refractivity contribution in [2.75, 3.05) is 6.54 Å². The first-order valence-corrected chi connectivity index (χ1v) is 7.03. The summed E-state index contributed by atoms with van der Waals surface area (Å²) in [4.78, 5) is 4.62. The van der Waals surface area contributed by atoms with Crippen LogP contribution in [0.25, 0.3) is 0 Å². The summed E-state index contributed by atoms with van der Waals surface area (Å²) in [5, 5.41) is 7.62. The second-order valence-corrected chi connectivity index (χ2v) is 5.90. The third kappa shape index (κ3) is 1.61. The maximum Gasteiger partial charge on any atom is 0.244 e. The minimum atomic E-state index is 0.241. The van der Waals surface area contributed by atoms with Gasteiger partial charge in [-0.25, -0.2) is 0 Å². The van der Waals surface area contributed by atoms with E-state index in [1.807, 2.05) is 0 Å². The van der Waals surface area contributed by atoms with E-state index in [2.05, 4.69) is 22.4 Å². The van der Waals surface area contributed by atoms with Gasteiger partial charge in [0.2, 0.25) is 5.89 Å². The van der Waals surface area contributed by atoms with Crippen molar-refractivity contribution < 1.29 is 9.26 Å². The Morgan fingerprint density at radius 2 is 2.22 bits per heavy atom. The second kappa shape index (κ2) is 4.03. The highest BCUT2D eigenvalue weighted by Crippen LogP contribution is 2.43. The average Bonchev–Trinajstić information content (AvgIpc) is 3.12. The van der Waals surface area contributed by atoms with E-state index in [4.69, 9.17) is 9.26 Å². The van der Waals surface area contributed by atoms with Crippen molar-refractivity contribution in [3.63, 3.8) is 0 Å². The number of fused-ring (bicyclic) bond motifs is 2. The molecule has 0 amide bonds. The highest BCUT2D eigenvalue weighted by Gasteiger charge is 2.44. The van der Waals surface area contributed by atoms with Gasteiger partial charge in [0.15, 0.2) is 5.82 Å². The second-order valence-electron chi connectivity index (χ2n) is 5.90. The van der Waals surface area contributed by atoms with Gasteiger partial charge in [0.1, 0.15) is 0 Å². The number of nitrogens with zero attached hydrogens (tertiary/aromatic N) is 2. The lowest BCUT2D eigenvalue weighted by molar-refractivity contribution is 0.0996. The molecule has 18 heavy (non-hydrogen) atoms. The molecule has 1 N–H and O–H groups in total. The van der Waals surface area contributed by atoms with Crippen LogP contribution in [-0.2, 0) is 4.74 Å². The summed E-state index contributed by atoms with van der Waals surface area (Å²) < 4.78 is 11.3. The lowest BCUT2D eigenvalue weighted by Gasteiger charge is -2.14.